The Hall–Kier alpha value is -1.13. The first-order valence-corrected chi connectivity index (χ1v) is 3.48. The number of hydrogen-bond acceptors (Lipinski definition) is 3. The normalized spacial score (nSPS) is 12.8. The zero-order chi connectivity index (χ0) is 8.97. The third-order valence-corrected chi connectivity index (χ3v) is 1.50. The van der Waals surface area contributed by atoms with Gasteiger partial charge in [0, 0.05) is 0 Å². The minimum atomic E-state index is -1.24. The summed E-state index contributed by atoms with van der Waals surface area (Å²) < 4.78 is 13.0. The summed E-state index contributed by atoms with van der Waals surface area (Å²) in [5.74, 6) is 4.82. The minimum Gasteiger partial charge on any atom is -0.508 e. The minimum absolute atomic E-state index is 0.111. The number of halogens is 1. The average molecular weight is 171 g/mol. The summed E-state index contributed by atoms with van der Waals surface area (Å²) in [5, 5.41) is 8.89. The number of phenolic OH excluding ortho intramolecular Hbond substituents is 1. The van der Waals surface area contributed by atoms with E-state index in [-0.39, 0.29) is 12.4 Å². The Morgan fingerprint density at radius 2 is 2.00 bits per heavy atom. The predicted molar refractivity (Wildman–Crippen MR) is 42.1 cm³/mol. The second-order valence-corrected chi connectivity index (χ2v) is 2.39. The molecule has 0 aromatic heterocycles. The van der Waals surface area contributed by atoms with Gasteiger partial charge in [0.15, 0.2) is 6.17 Å². The van der Waals surface area contributed by atoms with Crippen LogP contribution in [0.2, 0.25) is 0 Å². The van der Waals surface area contributed by atoms with Gasteiger partial charge in [-0.25, -0.2) is 10.3 Å². The molecular formula is C8H10FNO2. The van der Waals surface area contributed by atoms with E-state index in [4.69, 9.17) is 11.0 Å². The molecule has 0 bridgehead atoms. The molecule has 3 nitrogen and oxygen atoms in total. The van der Waals surface area contributed by atoms with Crippen LogP contribution in [0.25, 0.3) is 0 Å². The van der Waals surface area contributed by atoms with Crippen LogP contribution in [0, 0.1) is 0 Å². The van der Waals surface area contributed by atoms with Crippen molar-refractivity contribution in [3.8, 4) is 5.75 Å². The Labute approximate surface area is 69.5 Å². The molecule has 1 atom stereocenters. The van der Waals surface area contributed by atoms with E-state index < -0.39 is 6.17 Å². The molecule has 0 amide bonds. The highest BCUT2D eigenvalue weighted by atomic mass is 19.1. The SMILES string of the molecule is NOCC(F)c1ccc(O)cc1. The standard InChI is InChI=1S/C8H10FNO2/c9-8(5-12-10)6-1-3-7(11)4-2-6/h1-4,8,11H,5,10H2. The summed E-state index contributed by atoms with van der Waals surface area (Å²) in [5.41, 5.74) is 0.443. The molecule has 12 heavy (non-hydrogen) atoms. The van der Waals surface area contributed by atoms with E-state index in [1.165, 1.54) is 24.3 Å². The van der Waals surface area contributed by atoms with E-state index in [0.717, 1.165) is 0 Å². The largest absolute Gasteiger partial charge is 0.508 e. The molecule has 0 aliphatic heterocycles. The fourth-order valence-corrected chi connectivity index (χ4v) is 0.864. The van der Waals surface area contributed by atoms with Gasteiger partial charge in [0.2, 0.25) is 0 Å². The maximum atomic E-state index is 13.0. The van der Waals surface area contributed by atoms with Crippen molar-refractivity contribution in [3.05, 3.63) is 29.8 Å². The van der Waals surface area contributed by atoms with Crippen LogP contribution >= 0.6 is 0 Å². The Kier molecular flexibility index (Phi) is 3.01. The van der Waals surface area contributed by atoms with Crippen LogP contribution < -0.4 is 5.90 Å². The molecule has 3 N–H and O–H groups in total. The molecule has 0 radical (unpaired) electrons. The molecule has 1 rings (SSSR count). The number of nitrogens with two attached hydrogens (primary N) is 1. The van der Waals surface area contributed by atoms with Crippen molar-refractivity contribution in [1.29, 1.82) is 0 Å². The number of benzene rings is 1. The van der Waals surface area contributed by atoms with Gasteiger partial charge < -0.3 is 9.94 Å². The molecule has 0 fully saturated rings. The average Bonchev–Trinajstić information content (AvgIpc) is 2.06. The maximum Gasteiger partial charge on any atom is 0.150 e. The summed E-state index contributed by atoms with van der Waals surface area (Å²) in [6, 6.07) is 5.80. The highest BCUT2D eigenvalue weighted by Gasteiger charge is 2.08. The van der Waals surface area contributed by atoms with Crippen molar-refractivity contribution in [1.82, 2.24) is 0 Å². The first kappa shape index (κ1) is 8.96. The van der Waals surface area contributed by atoms with Crippen LogP contribution in [0.3, 0.4) is 0 Å². The molecule has 0 aliphatic carbocycles. The lowest BCUT2D eigenvalue weighted by Crippen LogP contribution is -2.07. The third kappa shape index (κ3) is 2.18. The monoisotopic (exact) mass is 171 g/mol. The van der Waals surface area contributed by atoms with Gasteiger partial charge in [-0.05, 0) is 17.7 Å². The number of phenols is 1. The quantitative estimate of drug-likeness (QED) is 0.674. The Balaban J connectivity index is 2.68. The van der Waals surface area contributed by atoms with Crippen molar-refractivity contribution in [2.45, 2.75) is 6.17 Å². The summed E-state index contributed by atoms with van der Waals surface area (Å²) in [6.45, 7) is -0.176. The lowest BCUT2D eigenvalue weighted by atomic mass is 10.1. The van der Waals surface area contributed by atoms with E-state index >= 15 is 0 Å². The molecule has 4 heteroatoms. The number of alkyl halides is 1. The summed E-state index contributed by atoms with van der Waals surface area (Å²) in [4.78, 5) is 4.15. The van der Waals surface area contributed by atoms with Crippen molar-refractivity contribution in [2.24, 2.45) is 5.90 Å². The van der Waals surface area contributed by atoms with Crippen LogP contribution in [-0.4, -0.2) is 11.7 Å². The molecule has 0 spiro atoms. The molecule has 0 saturated heterocycles. The van der Waals surface area contributed by atoms with E-state index in [1.807, 2.05) is 0 Å². The number of aromatic hydroxyl groups is 1. The third-order valence-electron chi connectivity index (χ3n) is 1.50. The maximum absolute atomic E-state index is 13.0. The zero-order valence-corrected chi connectivity index (χ0v) is 6.40. The van der Waals surface area contributed by atoms with Gasteiger partial charge in [-0.1, -0.05) is 12.1 Å². The first-order valence-electron chi connectivity index (χ1n) is 3.48. The van der Waals surface area contributed by atoms with Gasteiger partial charge in [-0.15, -0.1) is 0 Å². The van der Waals surface area contributed by atoms with Gasteiger partial charge in [-0.2, -0.15) is 0 Å². The highest BCUT2D eigenvalue weighted by Crippen LogP contribution is 2.19. The molecule has 0 aliphatic rings. The molecule has 66 valence electrons. The van der Waals surface area contributed by atoms with Crippen LogP contribution in [0.15, 0.2) is 24.3 Å². The van der Waals surface area contributed by atoms with E-state index in [9.17, 15) is 4.39 Å². The van der Waals surface area contributed by atoms with E-state index in [1.54, 1.807) is 0 Å². The van der Waals surface area contributed by atoms with Crippen molar-refractivity contribution >= 4 is 0 Å². The summed E-state index contributed by atoms with van der Waals surface area (Å²) in [7, 11) is 0. The van der Waals surface area contributed by atoms with Gasteiger partial charge in [0.1, 0.15) is 12.4 Å². The van der Waals surface area contributed by atoms with Gasteiger partial charge in [0.25, 0.3) is 0 Å². The Morgan fingerprint density at radius 3 is 2.50 bits per heavy atom. The molecule has 1 aromatic rings. The van der Waals surface area contributed by atoms with E-state index in [0.29, 0.717) is 5.56 Å². The molecule has 1 unspecified atom stereocenters. The molecule has 0 heterocycles. The van der Waals surface area contributed by atoms with Gasteiger partial charge in [-0.3, -0.25) is 0 Å². The molecule has 1 aromatic carbocycles. The van der Waals surface area contributed by atoms with E-state index in [2.05, 4.69) is 4.84 Å². The zero-order valence-electron chi connectivity index (χ0n) is 6.40. The number of rotatable bonds is 3. The second kappa shape index (κ2) is 4.04. The second-order valence-electron chi connectivity index (χ2n) is 2.39. The fourth-order valence-electron chi connectivity index (χ4n) is 0.864. The predicted octanol–water partition coefficient (Wildman–Crippen LogP) is 1.29. The van der Waals surface area contributed by atoms with Crippen molar-refractivity contribution < 1.29 is 14.3 Å². The topological polar surface area (TPSA) is 55.5 Å². The fraction of sp³-hybridized carbons (Fsp3) is 0.250. The summed E-state index contributed by atoms with van der Waals surface area (Å²) in [6.07, 6.45) is -1.24. The Morgan fingerprint density at radius 1 is 1.42 bits per heavy atom. The van der Waals surface area contributed by atoms with Crippen LogP contribution in [-0.2, 0) is 4.84 Å². The van der Waals surface area contributed by atoms with Crippen LogP contribution in [0.4, 0.5) is 4.39 Å². The van der Waals surface area contributed by atoms with Crippen LogP contribution in [0.5, 0.6) is 5.75 Å². The smallest absolute Gasteiger partial charge is 0.150 e. The Bertz CT molecular complexity index is 237. The molecule has 0 saturated carbocycles. The van der Waals surface area contributed by atoms with Crippen LogP contribution in [0.1, 0.15) is 11.7 Å². The van der Waals surface area contributed by atoms with Gasteiger partial charge >= 0.3 is 0 Å². The summed E-state index contributed by atoms with van der Waals surface area (Å²) >= 11 is 0. The lowest BCUT2D eigenvalue weighted by Gasteiger charge is -2.05. The number of hydrogen-bond donors (Lipinski definition) is 2. The first-order chi connectivity index (χ1) is 5.74. The van der Waals surface area contributed by atoms with Gasteiger partial charge in [0.05, 0.1) is 0 Å². The van der Waals surface area contributed by atoms with Crippen molar-refractivity contribution in [3.63, 3.8) is 0 Å². The highest BCUT2D eigenvalue weighted by molar-refractivity contribution is 5.27. The lowest BCUT2D eigenvalue weighted by molar-refractivity contribution is 0.0816. The molecular weight excluding hydrogens is 161 g/mol. The van der Waals surface area contributed by atoms with Crippen molar-refractivity contribution in [2.75, 3.05) is 6.61 Å².